The number of aliphatic carboxylic acids is 2. The maximum absolute atomic E-state index is 13.6. The fraction of sp³-hybridized carbons (Fsp3) is 0.244. The molecule has 3 aromatic carbocycles. The smallest absolute Gasteiger partial charge is 0.328 e. The summed E-state index contributed by atoms with van der Waals surface area (Å²) < 4.78 is 13.6. The first-order valence-electron chi connectivity index (χ1n) is 17.6. The molecule has 2 N–H and O–H groups in total. The molecule has 0 atom stereocenters. The molecule has 1 aliphatic rings. The number of carbonyl (C=O) groups is 4. The summed E-state index contributed by atoms with van der Waals surface area (Å²) in [4.78, 5) is 56.2. The third kappa shape index (κ3) is 10.4. The number of pyridine rings is 1. The summed E-state index contributed by atoms with van der Waals surface area (Å²) in [7, 11) is 3.60. The number of aromatic nitrogens is 2. The van der Waals surface area contributed by atoms with Crippen LogP contribution in [-0.4, -0.2) is 93.2 Å². The van der Waals surface area contributed by atoms with Crippen LogP contribution in [0.25, 0.3) is 10.9 Å². The van der Waals surface area contributed by atoms with Crippen molar-refractivity contribution in [2.24, 2.45) is 7.05 Å². The van der Waals surface area contributed by atoms with Crippen LogP contribution in [-0.2, 0) is 23.2 Å². The normalized spacial score (nSPS) is 12.9. The number of carboxylic acid groups (broad SMARTS) is 2. The van der Waals surface area contributed by atoms with Crippen molar-refractivity contribution in [3.8, 4) is 17.4 Å². The van der Waals surface area contributed by atoms with Crippen molar-refractivity contribution in [2.75, 3.05) is 44.7 Å². The molecular formula is C41H41Cl2N5O8. The number of aryl methyl sites for hydroxylation is 2. The SMILES string of the molecule is CCOc1ccc(CN2CCN(C(=O)c3cc4cc(Oc5ccc(N(C)C(=O)c6ccc(Cl)c(Cl)c6)c(C)n5)ccc4n3C)CC2)cc1.O=C(O)/C=C\C(=O)O. The largest absolute Gasteiger partial charge is 0.494 e. The third-order valence-corrected chi connectivity index (χ3v) is 9.73. The molecule has 3 heterocycles. The average molecular weight is 803 g/mol. The average Bonchev–Trinajstić information content (AvgIpc) is 3.50. The van der Waals surface area contributed by atoms with Crippen LogP contribution in [0.1, 0.15) is 39.0 Å². The van der Waals surface area contributed by atoms with E-state index in [-0.39, 0.29) is 11.8 Å². The van der Waals surface area contributed by atoms with Gasteiger partial charge in [0.2, 0.25) is 5.88 Å². The number of piperazine rings is 1. The Bertz CT molecular complexity index is 2250. The Balaban J connectivity index is 0.000000677. The molecule has 56 heavy (non-hydrogen) atoms. The maximum Gasteiger partial charge on any atom is 0.328 e. The molecule has 0 saturated carbocycles. The van der Waals surface area contributed by atoms with E-state index < -0.39 is 11.9 Å². The number of rotatable bonds is 11. The van der Waals surface area contributed by atoms with Gasteiger partial charge in [-0.05, 0) is 80.1 Å². The molecule has 2 aromatic heterocycles. The van der Waals surface area contributed by atoms with E-state index in [0.29, 0.717) is 76.2 Å². The van der Waals surface area contributed by atoms with Crippen LogP contribution < -0.4 is 14.4 Å². The van der Waals surface area contributed by atoms with Crippen molar-refractivity contribution in [2.45, 2.75) is 20.4 Å². The van der Waals surface area contributed by atoms with Crippen molar-refractivity contribution in [1.29, 1.82) is 0 Å². The lowest BCUT2D eigenvalue weighted by atomic mass is 10.2. The van der Waals surface area contributed by atoms with Crippen molar-refractivity contribution >= 4 is 63.5 Å². The zero-order chi connectivity index (χ0) is 40.5. The van der Waals surface area contributed by atoms with Gasteiger partial charge in [-0.25, -0.2) is 14.6 Å². The topological polar surface area (TPSA) is 155 Å². The van der Waals surface area contributed by atoms with E-state index in [1.54, 1.807) is 37.4 Å². The van der Waals surface area contributed by atoms with Crippen molar-refractivity contribution in [3.05, 3.63) is 124 Å². The summed E-state index contributed by atoms with van der Waals surface area (Å²) in [5.41, 5.74) is 4.47. The lowest BCUT2D eigenvalue weighted by Gasteiger charge is -2.34. The standard InChI is InChI=1S/C37H37Cl2N5O4.C4H4O4/c1-5-47-28-9-6-25(7-10-28)23-43-16-18-44(19-17-43)37(46)34-22-27-20-29(11-13-33(27)41(34)3)48-35-15-14-32(24(2)40-35)42(4)36(45)26-8-12-30(38)31(39)21-26;5-3(6)1-2-4(7)8/h6-15,20-22H,5,16-19,23H2,1-4H3;1-2H,(H,5,6)(H,7,8)/b;2-1-. The number of nitrogens with zero attached hydrogens (tertiary/aromatic N) is 5. The number of halogens is 2. The van der Waals surface area contributed by atoms with E-state index in [9.17, 15) is 19.2 Å². The van der Waals surface area contributed by atoms with E-state index in [0.717, 1.165) is 36.3 Å². The minimum atomic E-state index is -1.26. The second kappa shape index (κ2) is 18.6. The number of benzene rings is 3. The Morgan fingerprint density at radius 2 is 1.50 bits per heavy atom. The number of carbonyl (C=O) groups excluding carboxylic acids is 2. The molecule has 0 unspecified atom stereocenters. The van der Waals surface area contributed by atoms with Gasteiger partial charge in [0, 0.05) is 81.5 Å². The lowest BCUT2D eigenvalue weighted by molar-refractivity contribution is -0.134. The first kappa shape index (κ1) is 41.3. The number of amides is 2. The van der Waals surface area contributed by atoms with E-state index in [4.69, 9.17) is 42.9 Å². The van der Waals surface area contributed by atoms with E-state index >= 15 is 0 Å². The number of anilines is 1. The summed E-state index contributed by atoms with van der Waals surface area (Å²) in [5, 5.41) is 17.2. The summed E-state index contributed by atoms with van der Waals surface area (Å²) in [5.74, 6) is -0.871. The molecule has 1 fully saturated rings. The predicted octanol–water partition coefficient (Wildman–Crippen LogP) is 7.33. The number of carboxylic acids is 2. The number of fused-ring (bicyclic) bond motifs is 1. The minimum absolute atomic E-state index is 0.0179. The van der Waals surface area contributed by atoms with Crippen molar-refractivity contribution in [3.63, 3.8) is 0 Å². The van der Waals surface area contributed by atoms with Crippen LogP contribution in [0.15, 0.2) is 91.0 Å². The summed E-state index contributed by atoms with van der Waals surface area (Å²) in [6, 6.07) is 24.2. The molecular weight excluding hydrogens is 761 g/mol. The van der Waals surface area contributed by atoms with Crippen LogP contribution in [0, 0.1) is 6.92 Å². The second-order valence-electron chi connectivity index (χ2n) is 12.8. The first-order chi connectivity index (χ1) is 26.7. The molecule has 292 valence electrons. The van der Waals surface area contributed by atoms with Crippen LogP contribution in [0.4, 0.5) is 5.69 Å². The molecule has 15 heteroatoms. The Morgan fingerprint density at radius 1 is 0.839 bits per heavy atom. The molecule has 0 spiro atoms. The molecule has 0 bridgehead atoms. The monoisotopic (exact) mass is 801 g/mol. The van der Waals surface area contributed by atoms with E-state index in [2.05, 4.69) is 22.0 Å². The van der Waals surface area contributed by atoms with Gasteiger partial charge >= 0.3 is 11.9 Å². The highest BCUT2D eigenvalue weighted by Crippen LogP contribution is 2.30. The second-order valence-corrected chi connectivity index (χ2v) is 13.6. The molecule has 2 amide bonds. The Labute approximate surface area is 333 Å². The van der Waals surface area contributed by atoms with E-state index in [1.165, 1.54) is 10.5 Å². The highest BCUT2D eigenvalue weighted by atomic mass is 35.5. The summed E-state index contributed by atoms with van der Waals surface area (Å²) in [6.07, 6.45) is 1.12. The first-order valence-corrected chi connectivity index (χ1v) is 18.3. The quantitative estimate of drug-likeness (QED) is 0.130. The van der Waals surface area contributed by atoms with Crippen molar-refractivity contribution < 1.29 is 38.9 Å². The van der Waals surface area contributed by atoms with Gasteiger partial charge in [-0.3, -0.25) is 14.5 Å². The minimum Gasteiger partial charge on any atom is -0.494 e. The van der Waals surface area contributed by atoms with Gasteiger partial charge in [-0.2, -0.15) is 0 Å². The van der Waals surface area contributed by atoms with Gasteiger partial charge in [-0.15, -0.1) is 0 Å². The fourth-order valence-electron chi connectivity index (χ4n) is 6.12. The molecule has 0 aliphatic carbocycles. The zero-order valence-corrected chi connectivity index (χ0v) is 32.8. The van der Waals surface area contributed by atoms with Gasteiger partial charge in [0.25, 0.3) is 11.8 Å². The van der Waals surface area contributed by atoms with Crippen LogP contribution in [0.3, 0.4) is 0 Å². The summed E-state index contributed by atoms with van der Waals surface area (Å²) >= 11 is 12.1. The Morgan fingerprint density at radius 3 is 2.11 bits per heavy atom. The van der Waals surface area contributed by atoms with Gasteiger partial charge < -0.3 is 34.1 Å². The molecule has 6 rings (SSSR count). The molecule has 13 nitrogen and oxygen atoms in total. The van der Waals surface area contributed by atoms with E-state index in [1.807, 2.05) is 66.8 Å². The fourth-order valence-corrected chi connectivity index (χ4v) is 6.42. The van der Waals surface area contributed by atoms with Gasteiger partial charge in [-0.1, -0.05) is 35.3 Å². The highest BCUT2D eigenvalue weighted by Gasteiger charge is 2.25. The predicted molar refractivity (Wildman–Crippen MR) is 214 cm³/mol. The molecule has 0 radical (unpaired) electrons. The molecule has 5 aromatic rings. The van der Waals surface area contributed by atoms with Crippen LogP contribution in [0.5, 0.6) is 17.4 Å². The third-order valence-electron chi connectivity index (χ3n) is 8.99. The lowest BCUT2D eigenvalue weighted by Crippen LogP contribution is -2.48. The molecule has 1 aliphatic heterocycles. The number of hydrogen-bond acceptors (Lipinski definition) is 8. The highest BCUT2D eigenvalue weighted by molar-refractivity contribution is 6.42. The number of ether oxygens (including phenoxy) is 2. The van der Waals surface area contributed by atoms with Crippen LogP contribution in [0.2, 0.25) is 10.0 Å². The molecule has 1 saturated heterocycles. The van der Waals surface area contributed by atoms with Crippen LogP contribution >= 0.6 is 23.2 Å². The Kier molecular flexibility index (Phi) is 13.7. The zero-order valence-electron chi connectivity index (χ0n) is 31.2. The van der Waals surface area contributed by atoms with Gasteiger partial charge in [0.15, 0.2) is 0 Å². The number of hydrogen-bond donors (Lipinski definition) is 2. The van der Waals surface area contributed by atoms with Gasteiger partial charge in [0.05, 0.1) is 28.0 Å². The Hall–Kier alpha value is -5.89. The maximum atomic E-state index is 13.6. The van der Waals surface area contributed by atoms with Crippen molar-refractivity contribution in [1.82, 2.24) is 19.4 Å². The summed E-state index contributed by atoms with van der Waals surface area (Å²) in [6.45, 7) is 8.25. The van der Waals surface area contributed by atoms with Gasteiger partial charge in [0.1, 0.15) is 17.2 Å².